The molecule has 3 rings (SSSR count). The molecule has 1 atom stereocenters. The summed E-state index contributed by atoms with van der Waals surface area (Å²) in [5.41, 5.74) is 0.0867. The number of hydrogen-bond acceptors (Lipinski definition) is 4. The Morgan fingerprint density at radius 2 is 1.75 bits per heavy atom. The number of carbonyl (C=O) groups is 2. The lowest BCUT2D eigenvalue weighted by atomic mass is 10.1. The summed E-state index contributed by atoms with van der Waals surface area (Å²) in [5.74, 6) is -0.267. The Hall–Kier alpha value is -2.74. The Balaban J connectivity index is 1.57. The van der Waals surface area contributed by atoms with E-state index in [1.54, 1.807) is 34.0 Å². The summed E-state index contributed by atoms with van der Waals surface area (Å²) in [4.78, 5) is 28.8. The highest BCUT2D eigenvalue weighted by Crippen LogP contribution is 2.16. The molecule has 1 fully saturated rings. The van der Waals surface area contributed by atoms with Gasteiger partial charge >= 0.3 is 0 Å². The number of aromatic nitrogens is 2. The summed E-state index contributed by atoms with van der Waals surface area (Å²) in [6.07, 6.45) is 1.66. The summed E-state index contributed by atoms with van der Waals surface area (Å²) in [6.45, 7) is 7.86. The molecule has 7 nitrogen and oxygen atoms in total. The average Bonchev–Trinajstić information content (AvgIpc) is 3.16. The maximum absolute atomic E-state index is 13.9. The lowest BCUT2D eigenvalue weighted by Crippen LogP contribution is -2.54. The first kappa shape index (κ1) is 20.0. The molecule has 1 N–H and O–H groups in total. The third kappa shape index (κ3) is 4.22. The van der Waals surface area contributed by atoms with Gasteiger partial charge in [-0.25, -0.2) is 9.07 Å². The van der Waals surface area contributed by atoms with Gasteiger partial charge in [-0.2, -0.15) is 5.10 Å². The van der Waals surface area contributed by atoms with Crippen LogP contribution in [0.4, 0.5) is 10.2 Å². The van der Waals surface area contributed by atoms with Gasteiger partial charge in [0.15, 0.2) is 0 Å². The van der Waals surface area contributed by atoms with Crippen LogP contribution in [0.15, 0.2) is 36.5 Å². The van der Waals surface area contributed by atoms with Crippen LogP contribution in [0.5, 0.6) is 0 Å². The van der Waals surface area contributed by atoms with Gasteiger partial charge in [0.05, 0.1) is 17.8 Å². The molecule has 2 aromatic rings. The van der Waals surface area contributed by atoms with E-state index in [0.29, 0.717) is 32.0 Å². The van der Waals surface area contributed by atoms with Crippen molar-refractivity contribution < 1.29 is 14.0 Å². The molecular weight excluding hydrogens is 361 g/mol. The van der Waals surface area contributed by atoms with E-state index in [2.05, 4.69) is 10.4 Å². The van der Waals surface area contributed by atoms with Crippen molar-refractivity contribution in [3.8, 4) is 0 Å². The summed E-state index contributed by atoms with van der Waals surface area (Å²) < 4.78 is 15.6. The molecule has 1 saturated heterocycles. The largest absolute Gasteiger partial charge is 0.336 e. The predicted molar refractivity (Wildman–Crippen MR) is 105 cm³/mol. The van der Waals surface area contributed by atoms with Crippen molar-refractivity contribution in [2.75, 3.05) is 31.5 Å². The van der Waals surface area contributed by atoms with E-state index in [0.717, 1.165) is 0 Å². The van der Waals surface area contributed by atoms with Crippen LogP contribution in [0.25, 0.3) is 0 Å². The molecule has 2 heterocycles. The molecule has 0 radical (unpaired) electrons. The van der Waals surface area contributed by atoms with Crippen molar-refractivity contribution in [2.24, 2.45) is 0 Å². The van der Waals surface area contributed by atoms with Crippen molar-refractivity contribution in [1.29, 1.82) is 0 Å². The minimum atomic E-state index is -0.510. The van der Waals surface area contributed by atoms with Gasteiger partial charge < -0.3 is 10.2 Å². The third-order valence-corrected chi connectivity index (χ3v) is 5.04. The van der Waals surface area contributed by atoms with Gasteiger partial charge in [0.25, 0.3) is 5.91 Å². The number of hydrogen-bond donors (Lipinski definition) is 1. The number of halogens is 1. The Morgan fingerprint density at radius 3 is 2.39 bits per heavy atom. The van der Waals surface area contributed by atoms with E-state index < -0.39 is 5.82 Å². The zero-order valence-corrected chi connectivity index (χ0v) is 16.4. The molecule has 0 aliphatic carbocycles. The molecule has 2 amide bonds. The topological polar surface area (TPSA) is 70.5 Å². The highest BCUT2D eigenvalue weighted by molar-refractivity contribution is 5.95. The van der Waals surface area contributed by atoms with Crippen molar-refractivity contribution >= 4 is 17.6 Å². The Labute approximate surface area is 164 Å². The van der Waals surface area contributed by atoms with Crippen LogP contribution in [-0.2, 0) is 4.79 Å². The van der Waals surface area contributed by atoms with Crippen molar-refractivity contribution in [1.82, 2.24) is 19.6 Å². The Bertz CT molecular complexity index is 843. The standard InChI is InChI=1S/C20H26FN5O2/c1-14(2)26-18(8-9-22-26)23-19(27)15(3)24-10-12-25(13-11-24)20(28)16-6-4-5-7-17(16)21/h4-9,14-15H,10-13H2,1-3H3,(H,23,27)/t15-/m0/s1. The molecule has 8 heteroatoms. The quantitative estimate of drug-likeness (QED) is 0.855. The van der Waals surface area contributed by atoms with Gasteiger partial charge in [-0.15, -0.1) is 0 Å². The first-order valence-corrected chi connectivity index (χ1v) is 9.50. The van der Waals surface area contributed by atoms with Crippen molar-refractivity contribution in [2.45, 2.75) is 32.9 Å². The first-order valence-electron chi connectivity index (χ1n) is 9.50. The zero-order valence-electron chi connectivity index (χ0n) is 16.4. The SMILES string of the molecule is CC(C)n1nccc1NC(=O)[C@H](C)N1CCN(C(=O)c2ccccc2F)CC1. The maximum atomic E-state index is 13.9. The van der Waals surface area contributed by atoms with Gasteiger partial charge in [0, 0.05) is 38.3 Å². The van der Waals surface area contributed by atoms with Crippen LogP contribution in [0.2, 0.25) is 0 Å². The number of nitrogens with one attached hydrogen (secondary N) is 1. The van der Waals surface area contributed by atoms with Crippen LogP contribution in [0.1, 0.15) is 37.2 Å². The minimum absolute atomic E-state index is 0.0867. The van der Waals surface area contributed by atoms with Gasteiger partial charge in [-0.3, -0.25) is 14.5 Å². The fraction of sp³-hybridized carbons (Fsp3) is 0.450. The molecular formula is C20H26FN5O2. The van der Waals surface area contributed by atoms with Crippen LogP contribution in [0, 0.1) is 5.82 Å². The fourth-order valence-corrected chi connectivity index (χ4v) is 3.34. The molecule has 0 unspecified atom stereocenters. The summed E-state index contributed by atoms with van der Waals surface area (Å²) >= 11 is 0. The third-order valence-electron chi connectivity index (χ3n) is 5.04. The number of rotatable bonds is 5. The van der Waals surface area contributed by atoms with E-state index in [1.165, 1.54) is 12.1 Å². The zero-order chi connectivity index (χ0) is 20.3. The number of amides is 2. The lowest BCUT2D eigenvalue weighted by molar-refractivity contribution is -0.121. The van der Waals surface area contributed by atoms with E-state index in [1.807, 2.05) is 25.7 Å². The Kier molecular flexibility index (Phi) is 6.08. The number of carbonyl (C=O) groups excluding carboxylic acids is 2. The number of nitrogens with zero attached hydrogens (tertiary/aromatic N) is 4. The smallest absolute Gasteiger partial charge is 0.256 e. The van der Waals surface area contributed by atoms with Gasteiger partial charge in [-0.05, 0) is 32.9 Å². The maximum Gasteiger partial charge on any atom is 0.256 e. The highest BCUT2D eigenvalue weighted by atomic mass is 19.1. The van der Waals surface area contributed by atoms with E-state index >= 15 is 0 Å². The second kappa shape index (κ2) is 8.52. The van der Waals surface area contributed by atoms with Crippen molar-refractivity contribution in [3.05, 3.63) is 47.9 Å². The Morgan fingerprint density at radius 1 is 1.07 bits per heavy atom. The normalized spacial score (nSPS) is 16.2. The van der Waals surface area contributed by atoms with Gasteiger partial charge in [0.1, 0.15) is 11.6 Å². The average molecular weight is 387 g/mol. The monoisotopic (exact) mass is 387 g/mol. The molecule has 28 heavy (non-hydrogen) atoms. The number of anilines is 1. The van der Waals surface area contributed by atoms with Crippen LogP contribution in [0.3, 0.4) is 0 Å². The molecule has 150 valence electrons. The summed E-state index contributed by atoms with van der Waals surface area (Å²) in [7, 11) is 0. The number of benzene rings is 1. The van der Waals surface area contributed by atoms with Crippen LogP contribution >= 0.6 is 0 Å². The lowest BCUT2D eigenvalue weighted by Gasteiger charge is -2.37. The van der Waals surface area contributed by atoms with E-state index in [9.17, 15) is 14.0 Å². The molecule has 1 aromatic heterocycles. The molecule has 0 spiro atoms. The van der Waals surface area contributed by atoms with Crippen molar-refractivity contribution in [3.63, 3.8) is 0 Å². The van der Waals surface area contributed by atoms with Gasteiger partial charge in [-0.1, -0.05) is 12.1 Å². The molecule has 1 aromatic carbocycles. The molecule has 0 bridgehead atoms. The van der Waals surface area contributed by atoms with Crippen LogP contribution < -0.4 is 5.32 Å². The molecule has 0 saturated carbocycles. The van der Waals surface area contributed by atoms with E-state index in [4.69, 9.17) is 0 Å². The highest BCUT2D eigenvalue weighted by Gasteiger charge is 2.29. The molecule has 1 aliphatic heterocycles. The predicted octanol–water partition coefficient (Wildman–Crippen LogP) is 2.39. The summed E-state index contributed by atoms with van der Waals surface area (Å²) in [6, 6.07) is 7.58. The minimum Gasteiger partial charge on any atom is -0.336 e. The van der Waals surface area contributed by atoms with E-state index in [-0.39, 0.29) is 29.5 Å². The number of piperazine rings is 1. The fourth-order valence-electron chi connectivity index (χ4n) is 3.34. The second-order valence-corrected chi connectivity index (χ2v) is 7.23. The summed E-state index contributed by atoms with van der Waals surface area (Å²) in [5, 5.41) is 7.15. The van der Waals surface area contributed by atoms with Crippen LogP contribution in [-0.4, -0.2) is 63.6 Å². The second-order valence-electron chi connectivity index (χ2n) is 7.23. The molecule has 1 aliphatic rings. The van der Waals surface area contributed by atoms with Gasteiger partial charge in [0.2, 0.25) is 5.91 Å². The first-order chi connectivity index (χ1) is 13.4.